The third-order valence-corrected chi connectivity index (χ3v) is 5.04. The van der Waals surface area contributed by atoms with Crippen LogP contribution in [0.15, 0.2) is 82.9 Å². The van der Waals surface area contributed by atoms with Gasteiger partial charge in [-0.2, -0.15) is 5.10 Å². The second-order valence-electron chi connectivity index (χ2n) is 7.19. The van der Waals surface area contributed by atoms with Crippen LogP contribution in [0.5, 0.6) is 0 Å². The summed E-state index contributed by atoms with van der Waals surface area (Å²) in [5.74, 6) is -0.128. The summed E-state index contributed by atoms with van der Waals surface area (Å²) < 4.78 is 0. The molecule has 0 saturated carbocycles. The molecule has 5 heteroatoms. The summed E-state index contributed by atoms with van der Waals surface area (Å²) >= 11 is 0. The highest BCUT2D eigenvalue weighted by molar-refractivity contribution is 5.98. The monoisotopic (exact) mass is 373 g/mol. The largest absolute Gasteiger partial charge is 0.509 e. The number of fused-ring (bicyclic) bond motifs is 1. The average molecular weight is 373 g/mol. The number of allylic oxidation sites excluding steroid dienone is 1. The van der Waals surface area contributed by atoms with Crippen molar-refractivity contribution in [2.24, 2.45) is 5.10 Å². The Morgan fingerprint density at radius 1 is 1.00 bits per heavy atom. The zero-order valence-electron chi connectivity index (χ0n) is 16.0. The zero-order chi connectivity index (χ0) is 19.7. The van der Waals surface area contributed by atoms with Crippen molar-refractivity contribution >= 4 is 17.7 Å². The number of nitrogens with zero attached hydrogens (tertiary/aromatic N) is 3. The van der Waals surface area contributed by atoms with Gasteiger partial charge >= 0.3 is 0 Å². The summed E-state index contributed by atoms with van der Waals surface area (Å²) in [6, 6.07) is 20.2. The van der Waals surface area contributed by atoms with Crippen molar-refractivity contribution in [1.29, 1.82) is 0 Å². The topological polar surface area (TPSA) is 56.1 Å². The Hall–Kier alpha value is -3.34. The van der Waals surface area contributed by atoms with Gasteiger partial charge in [0.15, 0.2) is 5.70 Å². The first-order valence-electron chi connectivity index (χ1n) is 9.47. The molecule has 142 valence electrons. The van der Waals surface area contributed by atoms with Gasteiger partial charge in [0.25, 0.3) is 5.91 Å². The van der Waals surface area contributed by atoms with Crippen LogP contribution in [0.1, 0.15) is 31.4 Å². The fraction of sp³-hybridized carbons (Fsp3) is 0.217. The number of carbonyl (C=O) groups is 1. The van der Waals surface area contributed by atoms with E-state index in [0.717, 1.165) is 22.4 Å². The van der Waals surface area contributed by atoms with Crippen LogP contribution in [0, 0.1) is 0 Å². The molecule has 5 nitrogen and oxygen atoms in total. The summed E-state index contributed by atoms with van der Waals surface area (Å²) in [7, 11) is 0. The molecule has 0 atom stereocenters. The summed E-state index contributed by atoms with van der Waals surface area (Å²) in [5.41, 5.74) is 4.22. The number of aliphatic hydroxyl groups is 1. The Bertz CT molecular complexity index is 934. The van der Waals surface area contributed by atoms with E-state index in [-0.39, 0.29) is 29.8 Å². The molecule has 1 N–H and O–H groups in total. The van der Waals surface area contributed by atoms with E-state index in [2.05, 4.69) is 29.4 Å². The van der Waals surface area contributed by atoms with Gasteiger partial charge in [-0.05, 0) is 25.0 Å². The van der Waals surface area contributed by atoms with Crippen LogP contribution >= 0.6 is 0 Å². The van der Waals surface area contributed by atoms with Gasteiger partial charge in [0.1, 0.15) is 5.76 Å². The first-order valence-corrected chi connectivity index (χ1v) is 9.47. The standard InChI is InChI=1S/C23H23N3O2/c1-16(2)25-15-19(26-22(23(25)28)20(27)13-14-24-26)21(17-9-5-3-6-10-17)18-11-7-4-8-12-18/h3-12,14,16,27H,13,15H2,1-2H3. The predicted molar refractivity (Wildman–Crippen MR) is 110 cm³/mol. The van der Waals surface area contributed by atoms with E-state index in [1.54, 1.807) is 16.1 Å². The smallest absolute Gasteiger partial charge is 0.276 e. The third-order valence-electron chi connectivity index (χ3n) is 5.04. The SMILES string of the molecule is CC(C)N1CC(=C(c2ccccc2)c2ccccc2)N2N=CCC(O)=C2C1=O. The quantitative estimate of drug-likeness (QED) is 0.879. The molecule has 0 aliphatic carbocycles. The summed E-state index contributed by atoms with van der Waals surface area (Å²) in [4.78, 5) is 14.8. The average Bonchev–Trinajstić information content (AvgIpc) is 2.71. The van der Waals surface area contributed by atoms with Crippen LogP contribution in [0.25, 0.3) is 5.57 Å². The van der Waals surface area contributed by atoms with Crippen LogP contribution in [-0.4, -0.2) is 39.7 Å². The highest BCUT2D eigenvalue weighted by Crippen LogP contribution is 2.36. The van der Waals surface area contributed by atoms with E-state index in [1.807, 2.05) is 50.2 Å². The molecule has 0 spiro atoms. The molecule has 1 saturated heterocycles. The van der Waals surface area contributed by atoms with E-state index >= 15 is 0 Å². The van der Waals surface area contributed by atoms with Crippen LogP contribution in [0.2, 0.25) is 0 Å². The lowest BCUT2D eigenvalue weighted by Crippen LogP contribution is -2.50. The normalized spacial score (nSPS) is 16.7. The summed E-state index contributed by atoms with van der Waals surface area (Å²) in [6.07, 6.45) is 1.91. The third kappa shape index (κ3) is 3.09. The minimum absolute atomic E-state index is 0.00338. The summed E-state index contributed by atoms with van der Waals surface area (Å²) in [5, 5.41) is 16.6. The van der Waals surface area contributed by atoms with Crippen molar-refractivity contribution < 1.29 is 9.90 Å². The molecule has 2 aromatic carbocycles. The molecule has 1 amide bonds. The fourth-order valence-electron chi connectivity index (χ4n) is 3.65. The van der Waals surface area contributed by atoms with Gasteiger partial charge in [0.05, 0.1) is 12.2 Å². The minimum Gasteiger partial charge on any atom is -0.509 e. The number of hydrazone groups is 1. The molecule has 1 fully saturated rings. The van der Waals surface area contributed by atoms with Gasteiger partial charge in [-0.1, -0.05) is 60.7 Å². The van der Waals surface area contributed by atoms with E-state index in [9.17, 15) is 9.90 Å². The Morgan fingerprint density at radius 2 is 1.57 bits per heavy atom. The van der Waals surface area contributed by atoms with E-state index < -0.39 is 0 Å². The van der Waals surface area contributed by atoms with E-state index in [1.165, 1.54) is 0 Å². The van der Waals surface area contributed by atoms with Gasteiger partial charge in [0, 0.05) is 24.3 Å². The highest BCUT2D eigenvalue weighted by Gasteiger charge is 2.39. The van der Waals surface area contributed by atoms with Gasteiger partial charge in [-0.3, -0.25) is 4.79 Å². The second kappa shape index (κ2) is 7.35. The molecule has 2 heterocycles. The maximum atomic E-state index is 13.0. The molecule has 0 unspecified atom stereocenters. The van der Waals surface area contributed by atoms with Crippen molar-refractivity contribution in [1.82, 2.24) is 9.91 Å². The highest BCUT2D eigenvalue weighted by atomic mass is 16.3. The number of benzene rings is 2. The van der Waals surface area contributed by atoms with E-state index in [0.29, 0.717) is 6.54 Å². The minimum atomic E-state index is -0.187. The Kier molecular flexibility index (Phi) is 4.74. The number of hydrogen-bond donors (Lipinski definition) is 1. The summed E-state index contributed by atoms with van der Waals surface area (Å²) in [6.45, 7) is 4.39. The molecule has 4 rings (SSSR count). The fourth-order valence-corrected chi connectivity index (χ4v) is 3.65. The van der Waals surface area contributed by atoms with Crippen LogP contribution in [0.3, 0.4) is 0 Å². The van der Waals surface area contributed by atoms with Gasteiger partial charge < -0.3 is 10.0 Å². The molecule has 2 aromatic rings. The van der Waals surface area contributed by atoms with Gasteiger partial charge in [-0.25, -0.2) is 5.01 Å². The molecule has 0 radical (unpaired) electrons. The Balaban J connectivity index is 1.99. The molecule has 0 bridgehead atoms. The lowest BCUT2D eigenvalue weighted by Gasteiger charge is -2.41. The first-order chi connectivity index (χ1) is 13.6. The first kappa shape index (κ1) is 18.0. The predicted octanol–water partition coefficient (Wildman–Crippen LogP) is 4.16. The van der Waals surface area contributed by atoms with Gasteiger partial charge in [-0.15, -0.1) is 0 Å². The number of aliphatic hydroxyl groups excluding tert-OH is 1. The second-order valence-corrected chi connectivity index (χ2v) is 7.19. The molecule has 28 heavy (non-hydrogen) atoms. The number of hydrogen-bond acceptors (Lipinski definition) is 4. The Morgan fingerprint density at radius 3 is 2.11 bits per heavy atom. The molecular weight excluding hydrogens is 350 g/mol. The van der Waals surface area contributed by atoms with Crippen molar-refractivity contribution in [3.05, 3.63) is 88.9 Å². The van der Waals surface area contributed by atoms with Crippen molar-refractivity contribution in [2.75, 3.05) is 6.54 Å². The van der Waals surface area contributed by atoms with Crippen molar-refractivity contribution in [3.8, 4) is 0 Å². The maximum Gasteiger partial charge on any atom is 0.276 e. The molecular formula is C23H23N3O2. The number of rotatable bonds is 3. The van der Waals surface area contributed by atoms with Crippen molar-refractivity contribution in [3.63, 3.8) is 0 Å². The number of amides is 1. The molecule has 2 aliphatic heterocycles. The van der Waals surface area contributed by atoms with Crippen LogP contribution in [0.4, 0.5) is 0 Å². The van der Waals surface area contributed by atoms with Crippen molar-refractivity contribution in [2.45, 2.75) is 26.3 Å². The van der Waals surface area contributed by atoms with E-state index in [4.69, 9.17) is 0 Å². The lowest BCUT2D eigenvalue weighted by molar-refractivity contribution is -0.132. The maximum absolute atomic E-state index is 13.0. The van der Waals surface area contributed by atoms with Gasteiger partial charge in [0.2, 0.25) is 0 Å². The Labute approximate surface area is 164 Å². The number of carbonyl (C=O) groups excluding carboxylic acids is 1. The van der Waals surface area contributed by atoms with Crippen LogP contribution in [-0.2, 0) is 4.79 Å². The van der Waals surface area contributed by atoms with Crippen LogP contribution < -0.4 is 0 Å². The number of piperazine rings is 1. The molecule has 0 aromatic heterocycles. The zero-order valence-corrected chi connectivity index (χ0v) is 16.0. The molecule has 2 aliphatic rings. The lowest BCUT2D eigenvalue weighted by atomic mass is 9.93.